The van der Waals surface area contributed by atoms with E-state index < -0.39 is 9.84 Å². The summed E-state index contributed by atoms with van der Waals surface area (Å²) in [5.41, 5.74) is 0.551. The van der Waals surface area contributed by atoms with E-state index in [4.69, 9.17) is 21.4 Å². The van der Waals surface area contributed by atoms with Crippen LogP contribution in [-0.4, -0.2) is 31.6 Å². The fourth-order valence-corrected chi connectivity index (χ4v) is 2.94. The van der Waals surface area contributed by atoms with Gasteiger partial charge in [0.05, 0.1) is 23.1 Å². The maximum absolute atomic E-state index is 11.5. The van der Waals surface area contributed by atoms with E-state index >= 15 is 0 Å². The molecule has 0 aliphatic carbocycles. The fourth-order valence-electron chi connectivity index (χ4n) is 1.52. The second kappa shape index (κ2) is 6.97. The molecule has 1 aromatic carbocycles. The van der Waals surface area contributed by atoms with Gasteiger partial charge >= 0.3 is 0 Å². The Kier molecular flexibility index (Phi) is 5.91. The van der Waals surface area contributed by atoms with Gasteiger partial charge in [-0.3, -0.25) is 0 Å². The van der Waals surface area contributed by atoms with Crippen LogP contribution in [-0.2, 0) is 16.4 Å². The summed E-state index contributed by atoms with van der Waals surface area (Å²) in [5, 5.41) is 9.50. The van der Waals surface area contributed by atoms with Crippen molar-refractivity contribution in [2.45, 2.75) is 20.0 Å². The Morgan fingerprint density at radius 2 is 2.06 bits per heavy atom. The van der Waals surface area contributed by atoms with Gasteiger partial charge in [0.25, 0.3) is 0 Å². The van der Waals surface area contributed by atoms with E-state index in [0.717, 1.165) is 0 Å². The quantitative estimate of drug-likeness (QED) is 0.835. The van der Waals surface area contributed by atoms with Crippen LogP contribution in [0.2, 0.25) is 5.02 Å². The first-order chi connectivity index (χ1) is 8.50. The van der Waals surface area contributed by atoms with Crippen LogP contribution < -0.4 is 4.74 Å². The summed E-state index contributed by atoms with van der Waals surface area (Å²) in [6, 6.07) is 5.02. The highest BCUT2D eigenvalue weighted by atomic mass is 35.5. The SMILES string of the molecule is CCCS(=O)(=O)CCOc1c(Cl)cccc1CO. The summed E-state index contributed by atoms with van der Waals surface area (Å²) in [6.07, 6.45) is 0.594. The average Bonchev–Trinajstić information content (AvgIpc) is 2.30. The van der Waals surface area contributed by atoms with Crippen molar-refractivity contribution in [2.75, 3.05) is 18.1 Å². The molecule has 1 N–H and O–H groups in total. The fraction of sp³-hybridized carbons (Fsp3) is 0.500. The lowest BCUT2D eigenvalue weighted by atomic mass is 10.2. The molecule has 0 aliphatic heterocycles. The summed E-state index contributed by atoms with van der Waals surface area (Å²) in [4.78, 5) is 0. The highest BCUT2D eigenvalue weighted by molar-refractivity contribution is 7.91. The number of hydrogen-bond acceptors (Lipinski definition) is 4. The van der Waals surface area contributed by atoms with Gasteiger partial charge in [0, 0.05) is 5.56 Å². The molecular weight excluding hydrogens is 276 g/mol. The average molecular weight is 293 g/mol. The Bertz CT molecular complexity index is 485. The van der Waals surface area contributed by atoms with Crippen molar-refractivity contribution >= 4 is 21.4 Å². The maximum atomic E-state index is 11.5. The van der Waals surface area contributed by atoms with Gasteiger partial charge in [-0.2, -0.15) is 0 Å². The Morgan fingerprint density at radius 3 is 2.67 bits per heavy atom. The third-order valence-corrected chi connectivity index (χ3v) is 4.49. The summed E-state index contributed by atoms with van der Waals surface area (Å²) in [5.74, 6) is 0.469. The minimum Gasteiger partial charge on any atom is -0.491 e. The van der Waals surface area contributed by atoms with Crippen molar-refractivity contribution in [3.8, 4) is 5.75 Å². The molecule has 0 saturated carbocycles. The lowest BCUT2D eigenvalue weighted by Crippen LogP contribution is -2.17. The molecule has 6 heteroatoms. The highest BCUT2D eigenvalue weighted by Crippen LogP contribution is 2.28. The Morgan fingerprint density at radius 1 is 1.33 bits per heavy atom. The molecule has 0 amide bonds. The monoisotopic (exact) mass is 292 g/mol. The van der Waals surface area contributed by atoms with Crippen LogP contribution in [0.4, 0.5) is 0 Å². The number of rotatable bonds is 7. The van der Waals surface area contributed by atoms with Crippen molar-refractivity contribution in [2.24, 2.45) is 0 Å². The molecule has 18 heavy (non-hydrogen) atoms. The zero-order valence-electron chi connectivity index (χ0n) is 10.2. The summed E-state index contributed by atoms with van der Waals surface area (Å²) >= 11 is 5.93. The molecule has 0 aliphatic rings. The minimum absolute atomic E-state index is 0.0407. The topological polar surface area (TPSA) is 63.6 Å². The zero-order valence-corrected chi connectivity index (χ0v) is 11.8. The number of sulfone groups is 1. The molecule has 0 heterocycles. The first kappa shape index (κ1) is 15.3. The first-order valence-electron chi connectivity index (χ1n) is 5.71. The molecule has 0 bridgehead atoms. The molecule has 1 aromatic rings. The van der Waals surface area contributed by atoms with Crippen molar-refractivity contribution in [3.05, 3.63) is 28.8 Å². The highest BCUT2D eigenvalue weighted by Gasteiger charge is 2.12. The molecule has 0 fully saturated rings. The number of aliphatic hydroxyl groups is 1. The standard InChI is InChI=1S/C12H17ClO4S/c1-2-7-18(15,16)8-6-17-12-10(9-14)4-3-5-11(12)13/h3-5,14H,2,6-9H2,1H3. The van der Waals surface area contributed by atoms with E-state index in [1.165, 1.54) is 0 Å². The van der Waals surface area contributed by atoms with E-state index in [1.54, 1.807) is 18.2 Å². The third-order valence-electron chi connectivity index (χ3n) is 2.37. The van der Waals surface area contributed by atoms with Crippen LogP contribution in [0.1, 0.15) is 18.9 Å². The van der Waals surface area contributed by atoms with Gasteiger partial charge in [0.15, 0.2) is 9.84 Å². The predicted octanol–water partition coefficient (Wildman–Crippen LogP) is 2.04. The molecule has 0 saturated heterocycles. The molecule has 0 atom stereocenters. The summed E-state index contributed by atoms with van der Waals surface area (Å²) in [7, 11) is -3.06. The lowest BCUT2D eigenvalue weighted by molar-refractivity contribution is 0.267. The van der Waals surface area contributed by atoms with Crippen LogP contribution in [0.3, 0.4) is 0 Å². The van der Waals surface area contributed by atoms with E-state index in [-0.39, 0.29) is 24.7 Å². The minimum atomic E-state index is -3.06. The largest absolute Gasteiger partial charge is 0.491 e. The van der Waals surface area contributed by atoms with Crippen molar-refractivity contribution in [1.82, 2.24) is 0 Å². The second-order valence-corrected chi connectivity index (χ2v) is 6.60. The Labute approximate surface area is 112 Å². The molecule has 0 unspecified atom stereocenters. The molecule has 0 aromatic heterocycles. The Balaban J connectivity index is 2.64. The van der Waals surface area contributed by atoms with E-state index in [2.05, 4.69) is 0 Å². The van der Waals surface area contributed by atoms with Gasteiger partial charge < -0.3 is 9.84 Å². The van der Waals surface area contributed by atoms with Gasteiger partial charge in [-0.15, -0.1) is 0 Å². The van der Waals surface area contributed by atoms with E-state index in [0.29, 0.717) is 22.8 Å². The zero-order chi connectivity index (χ0) is 13.6. The number of benzene rings is 1. The molecule has 0 radical (unpaired) electrons. The van der Waals surface area contributed by atoms with Gasteiger partial charge in [0.2, 0.25) is 0 Å². The molecule has 102 valence electrons. The van der Waals surface area contributed by atoms with Gasteiger partial charge in [-0.25, -0.2) is 8.42 Å². The van der Waals surface area contributed by atoms with Crippen LogP contribution in [0.15, 0.2) is 18.2 Å². The van der Waals surface area contributed by atoms with Gasteiger partial charge in [-0.1, -0.05) is 30.7 Å². The van der Waals surface area contributed by atoms with Crippen LogP contribution in [0.5, 0.6) is 5.75 Å². The molecule has 1 rings (SSSR count). The Hall–Kier alpha value is -0.780. The third kappa shape index (κ3) is 4.48. The van der Waals surface area contributed by atoms with Crippen molar-refractivity contribution < 1.29 is 18.3 Å². The second-order valence-electron chi connectivity index (χ2n) is 3.89. The number of hydrogen-bond donors (Lipinski definition) is 1. The first-order valence-corrected chi connectivity index (χ1v) is 7.91. The predicted molar refractivity (Wildman–Crippen MR) is 71.8 cm³/mol. The molecule has 4 nitrogen and oxygen atoms in total. The summed E-state index contributed by atoms with van der Waals surface area (Å²) < 4.78 is 28.4. The van der Waals surface area contributed by atoms with Gasteiger partial charge in [0.1, 0.15) is 12.4 Å². The smallest absolute Gasteiger partial charge is 0.153 e. The van der Waals surface area contributed by atoms with Crippen LogP contribution in [0, 0.1) is 0 Å². The lowest BCUT2D eigenvalue weighted by Gasteiger charge is -2.11. The van der Waals surface area contributed by atoms with Gasteiger partial charge in [-0.05, 0) is 12.5 Å². The van der Waals surface area contributed by atoms with Crippen molar-refractivity contribution in [3.63, 3.8) is 0 Å². The van der Waals surface area contributed by atoms with Crippen molar-refractivity contribution in [1.29, 1.82) is 0 Å². The summed E-state index contributed by atoms with van der Waals surface area (Å²) in [6.45, 7) is 1.66. The maximum Gasteiger partial charge on any atom is 0.153 e. The number of ether oxygens (including phenoxy) is 1. The van der Waals surface area contributed by atoms with Crippen LogP contribution >= 0.6 is 11.6 Å². The number of halogens is 1. The van der Waals surface area contributed by atoms with E-state index in [1.807, 2.05) is 6.92 Å². The normalized spacial score (nSPS) is 11.5. The van der Waals surface area contributed by atoms with E-state index in [9.17, 15) is 8.42 Å². The van der Waals surface area contributed by atoms with Crippen LogP contribution in [0.25, 0.3) is 0 Å². The molecular formula is C12H17ClO4S. The molecule has 0 spiro atoms. The number of aliphatic hydroxyl groups excluding tert-OH is 1. The number of para-hydroxylation sites is 1.